The molecule has 6 nitrogen and oxygen atoms in total. The molecule has 36 heavy (non-hydrogen) atoms. The van der Waals surface area contributed by atoms with Gasteiger partial charge in [-0.2, -0.15) is 0 Å². The lowest BCUT2D eigenvalue weighted by atomic mass is 9.96. The number of ether oxygens (including phenoxy) is 1. The minimum Gasteiger partial charge on any atom is -0.491 e. The maximum atomic E-state index is 9.85. The lowest BCUT2D eigenvalue weighted by Crippen LogP contribution is -2.50. The number of hydrogen-bond acceptors (Lipinski definition) is 5. The molecule has 1 saturated heterocycles. The Labute approximate surface area is 222 Å². The molecule has 3 aromatic carbocycles. The van der Waals surface area contributed by atoms with Gasteiger partial charge in [-0.25, -0.2) is 4.85 Å². The third-order valence-corrected chi connectivity index (χ3v) is 7.06. The first-order valence-corrected chi connectivity index (χ1v) is 12.7. The van der Waals surface area contributed by atoms with E-state index >= 15 is 0 Å². The van der Waals surface area contributed by atoms with E-state index in [1.807, 2.05) is 60.7 Å². The third-order valence-electron chi connectivity index (χ3n) is 6.51. The molecule has 0 radical (unpaired) electrons. The van der Waals surface area contributed by atoms with Gasteiger partial charge in [-0.15, -0.1) is 0 Å². The second-order valence-corrected chi connectivity index (χ2v) is 9.52. The largest absolute Gasteiger partial charge is 0.491 e. The smallest absolute Gasteiger partial charge is 0.187 e. The van der Waals surface area contributed by atoms with Gasteiger partial charge in [0.25, 0.3) is 0 Å². The molecule has 8 heteroatoms. The lowest BCUT2D eigenvalue weighted by Gasteiger charge is -2.46. The summed E-state index contributed by atoms with van der Waals surface area (Å²) in [5.41, 5.74) is 3.72. The summed E-state index contributed by atoms with van der Waals surface area (Å²) in [4.78, 5) is 8.19. The number of aliphatic hydroxyl groups is 2. The fourth-order valence-electron chi connectivity index (χ4n) is 4.77. The van der Waals surface area contributed by atoms with Gasteiger partial charge in [0.05, 0.1) is 29.9 Å². The van der Waals surface area contributed by atoms with Gasteiger partial charge in [0.15, 0.2) is 5.69 Å². The zero-order valence-corrected chi connectivity index (χ0v) is 21.4. The van der Waals surface area contributed by atoms with Gasteiger partial charge >= 0.3 is 0 Å². The fraction of sp³-hybridized carbons (Fsp3) is 0.321. The van der Waals surface area contributed by atoms with Crippen LogP contribution in [0.2, 0.25) is 10.0 Å². The van der Waals surface area contributed by atoms with Gasteiger partial charge in [-0.1, -0.05) is 59.6 Å². The van der Waals surface area contributed by atoms with E-state index in [0.717, 1.165) is 36.4 Å². The Morgan fingerprint density at radius 1 is 0.972 bits per heavy atom. The normalized spacial score (nSPS) is 17.0. The molecule has 2 atom stereocenters. The molecule has 1 unspecified atom stereocenters. The molecule has 0 saturated carbocycles. The monoisotopic (exact) mass is 525 g/mol. The summed E-state index contributed by atoms with van der Waals surface area (Å²) in [7, 11) is 0. The standard InChI is InChI=1S/C28H29Cl2N3O3/c1-31-23-8-4-20(5-9-23)26(12-15-34)32-13-14-33(28(19-32)21-2-6-22(29)7-3-21)27-11-10-24(18-25(27)30)36-17-16-35/h2-11,18,26,28,34-35H,12-17,19H2/t26?,28-/m0/s1. The average Bonchev–Trinajstić information content (AvgIpc) is 2.91. The number of nitrogens with zero attached hydrogens (tertiary/aromatic N) is 3. The second kappa shape index (κ2) is 12.4. The van der Waals surface area contributed by atoms with Gasteiger partial charge in [-0.05, 0) is 41.8 Å². The number of hydrogen-bond donors (Lipinski definition) is 2. The molecule has 0 bridgehead atoms. The second-order valence-electron chi connectivity index (χ2n) is 8.67. The van der Waals surface area contributed by atoms with E-state index in [4.69, 9.17) is 39.6 Å². The minimum atomic E-state index is -0.0599. The summed E-state index contributed by atoms with van der Waals surface area (Å²) in [5, 5.41) is 20.2. The van der Waals surface area contributed by atoms with Crippen LogP contribution in [0.25, 0.3) is 4.85 Å². The van der Waals surface area contributed by atoms with Crippen molar-refractivity contribution in [1.82, 2.24) is 4.90 Å². The molecule has 1 fully saturated rings. The van der Waals surface area contributed by atoms with Crippen molar-refractivity contribution in [2.75, 3.05) is 44.4 Å². The van der Waals surface area contributed by atoms with Crippen LogP contribution in [0.1, 0.15) is 29.6 Å². The number of benzene rings is 3. The number of aliphatic hydroxyl groups excluding tert-OH is 2. The quantitative estimate of drug-likeness (QED) is 0.340. The Kier molecular flexibility index (Phi) is 9.08. The summed E-state index contributed by atoms with van der Waals surface area (Å²) in [6.45, 7) is 9.68. The molecule has 2 N–H and O–H groups in total. The first-order valence-electron chi connectivity index (χ1n) is 11.9. The highest BCUT2D eigenvalue weighted by atomic mass is 35.5. The molecule has 1 aliphatic heterocycles. The fourth-order valence-corrected chi connectivity index (χ4v) is 5.18. The van der Waals surface area contributed by atoms with Crippen molar-refractivity contribution in [1.29, 1.82) is 0 Å². The van der Waals surface area contributed by atoms with Gasteiger partial charge < -0.3 is 19.8 Å². The maximum Gasteiger partial charge on any atom is 0.187 e. The number of halogens is 2. The molecule has 4 rings (SSSR count). The molecular weight excluding hydrogens is 497 g/mol. The molecule has 1 heterocycles. The van der Waals surface area contributed by atoms with E-state index in [-0.39, 0.29) is 31.9 Å². The van der Waals surface area contributed by atoms with Crippen LogP contribution in [0.3, 0.4) is 0 Å². The highest BCUT2D eigenvalue weighted by molar-refractivity contribution is 6.33. The van der Waals surface area contributed by atoms with Crippen molar-refractivity contribution in [3.05, 3.63) is 99.3 Å². The molecule has 3 aromatic rings. The predicted molar refractivity (Wildman–Crippen MR) is 144 cm³/mol. The van der Waals surface area contributed by atoms with E-state index in [1.54, 1.807) is 6.07 Å². The zero-order chi connectivity index (χ0) is 25.5. The highest BCUT2D eigenvalue weighted by Crippen LogP contribution is 2.39. The molecule has 0 spiro atoms. The van der Waals surface area contributed by atoms with E-state index in [1.165, 1.54) is 0 Å². The lowest BCUT2D eigenvalue weighted by molar-refractivity contribution is 0.131. The summed E-state index contributed by atoms with van der Waals surface area (Å²) in [5.74, 6) is 0.616. The number of piperazine rings is 1. The molecule has 0 aromatic heterocycles. The Morgan fingerprint density at radius 2 is 1.72 bits per heavy atom. The Hall–Kier alpha value is -2.79. The van der Waals surface area contributed by atoms with Crippen LogP contribution < -0.4 is 9.64 Å². The van der Waals surface area contributed by atoms with Crippen molar-refractivity contribution in [2.45, 2.75) is 18.5 Å². The number of rotatable bonds is 9. The molecule has 0 amide bonds. The van der Waals surface area contributed by atoms with E-state index in [0.29, 0.717) is 27.9 Å². The van der Waals surface area contributed by atoms with E-state index in [9.17, 15) is 5.11 Å². The van der Waals surface area contributed by atoms with Crippen molar-refractivity contribution >= 4 is 34.6 Å². The summed E-state index contributed by atoms with van der Waals surface area (Å²) < 4.78 is 5.53. The van der Waals surface area contributed by atoms with Crippen LogP contribution in [0.5, 0.6) is 5.75 Å². The maximum absolute atomic E-state index is 9.85. The Bertz CT molecular complexity index is 1180. The Balaban J connectivity index is 1.65. The van der Waals surface area contributed by atoms with Crippen LogP contribution >= 0.6 is 23.2 Å². The van der Waals surface area contributed by atoms with E-state index < -0.39 is 0 Å². The predicted octanol–water partition coefficient (Wildman–Crippen LogP) is 5.90. The van der Waals surface area contributed by atoms with Crippen molar-refractivity contribution in [3.63, 3.8) is 0 Å². The number of anilines is 1. The van der Waals surface area contributed by atoms with Crippen LogP contribution in [0.15, 0.2) is 66.7 Å². The molecule has 0 aliphatic carbocycles. The van der Waals surface area contributed by atoms with Crippen molar-refractivity contribution < 1.29 is 14.9 Å². The van der Waals surface area contributed by atoms with Gasteiger partial charge in [0.1, 0.15) is 12.4 Å². The van der Waals surface area contributed by atoms with Gasteiger partial charge in [0, 0.05) is 43.4 Å². The topological polar surface area (TPSA) is 60.5 Å². The average molecular weight is 526 g/mol. The van der Waals surface area contributed by atoms with Gasteiger partial charge in [-0.3, -0.25) is 4.90 Å². The van der Waals surface area contributed by atoms with Crippen molar-refractivity contribution in [3.8, 4) is 5.75 Å². The van der Waals surface area contributed by atoms with E-state index in [2.05, 4.69) is 14.6 Å². The first kappa shape index (κ1) is 26.3. The van der Waals surface area contributed by atoms with Crippen LogP contribution in [-0.4, -0.2) is 54.6 Å². The molecule has 1 aliphatic rings. The molecule has 188 valence electrons. The first-order chi connectivity index (χ1) is 17.5. The van der Waals surface area contributed by atoms with Crippen LogP contribution in [-0.2, 0) is 0 Å². The SMILES string of the molecule is [C-]#[N+]c1ccc(C(CCO)N2CCN(c3ccc(OCCO)cc3Cl)[C@H](c3ccc(Cl)cc3)C2)cc1. The zero-order valence-electron chi connectivity index (χ0n) is 19.9. The Morgan fingerprint density at radius 3 is 2.36 bits per heavy atom. The molecular formula is C28H29Cl2N3O3. The highest BCUT2D eigenvalue weighted by Gasteiger charge is 2.33. The van der Waals surface area contributed by atoms with Crippen LogP contribution in [0.4, 0.5) is 11.4 Å². The van der Waals surface area contributed by atoms with Crippen LogP contribution in [0, 0.1) is 6.57 Å². The summed E-state index contributed by atoms with van der Waals surface area (Å²) in [6.07, 6.45) is 0.600. The minimum absolute atomic E-state index is 0.00133. The van der Waals surface area contributed by atoms with Gasteiger partial charge in [0.2, 0.25) is 0 Å². The third kappa shape index (κ3) is 6.12. The van der Waals surface area contributed by atoms with Crippen molar-refractivity contribution in [2.24, 2.45) is 0 Å². The summed E-state index contributed by atoms with van der Waals surface area (Å²) in [6, 6.07) is 21.2. The summed E-state index contributed by atoms with van der Waals surface area (Å²) >= 11 is 12.9.